The lowest BCUT2D eigenvalue weighted by Crippen LogP contribution is -2.20. The highest BCUT2D eigenvalue weighted by Gasteiger charge is 2.10. The first-order valence-electron chi connectivity index (χ1n) is 4.42. The molecular formula is C10H18O3. The first kappa shape index (κ1) is 12.3. The number of carbonyl (C=O) groups excluding carboxylic acids is 1. The molecule has 0 heterocycles. The van der Waals surface area contributed by atoms with E-state index >= 15 is 0 Å². The SMILES string of the molecule is CC(C)=CCOCC(C)C(=O)CO. The number of Topliss-reactive ketones (excluding diaryl/α,β-unsaturated/α-hetero) is 1. The lowest BCUT2D eigenvalue weighted by atomic mass is 10.1. The maximum atomic E-state index is 10.9. The van der Waals surface area contributed by atoms with E-state index in [9.17, 15) is 4.79 Å². The third-order valence-corrected chi connectivity index (χ3v) is 1.68. The van der Waals surface area contributed by atoms with Gasteiger partial charge in [-0.15, -0.1) is 0 Å². The quantitative estimate of drug-likeness (QED) is 0.500. The zero-order valence-electron chi connectivity index (χ0n) is 8.54. The van der Waals surface area contributed by atoms with Gasteiger partial charge in [-0.05, 0) is 13.8 Å². The molecule has 0 fully saturated rings. The molecule has 0 amide bonds. The van der Waals surface area contributed by atoms with Crippen molar-refractivity contribution in [1.29, 1.82) is 0 Å². The molecule has 3 nitrogen and oxygen atoms in total. The van der Waals surface area contributed by atoms with Crippen molar-refractivity contribution in [2.75, 3.05) is 19.8 Å². The van der Waals surface area contributed by atoms with Crippen LogP contribution in [0.2, 0.25) is 0 Å². The van der Waals surface area contributed by atoms with Crippen LogP contribution in [0.3, 0.4) is 0 Å². The number of allylic oxidation sites excluding steroid dienone is 1. The van der Waals surface area contributed by atoms with Gasteiger partial charge in [-0.1, -0.05) is 18.6 Å². The second-order valence-corrected chi connectivity index (χ2v) is 3.34. The summed E-state index contributed by atoms with van der Waals surface area (Å²) in [4.78, 5) is 10.9. The molecule has 0 saturated heterocycles. The van der Waals surface area contributed by atoms with Crippen LogP contribution in [0.5, 0.6) is 0 Å². The molecule has 0 aliphatic rings. The molecule has 13 heavy (non-hydrogen) atoms. The number of rotatable bonds is 6. The highest BCUT2D eigenvalue weighted by molar-refractivity contribution is 5.81. The summed E-state index contributed by atoms with van der Waals surface area (Å²) in [7, 11) is 0. The second kappa shape index (κ2) is 6.80. The molecule has 0 aromatic heterocycles. The second-order valence-electron chi connectivity index (χ2n) is 3.34. The molecule has 0 aromatic carbocycles. The Morgan fingerprint density at radius 3 is 2.62 bits per heavy atom. The van der Waals surface area contributed by atoms with E-state index < -0.39 is 6.61 Å². The van der Waals surface area contributed by atoms with E-state index in [1.54, 1.807) is 6.92 Å². The van der Waals surface area contributed by atoms with Crippen LogP contribution in [0.25, 0.3) is 0 Å². The Morgan fingerprint density at radius 1 is 1.54 bits per heavy atom. The molecule has 3 heteroatoms. The topological polar surface area (TPSA) is 46.5 Å². The van der Waals surface area contributed by atoms with Crippen molar-refractivity contribution in [3.8, 4) is 0 Å². The van der Waals surface area contributed by atoms with Gasteiger partial charge >= 0.3 is 0 Å². The summed E-state index contributed by atoms with van der Waals surface area (Å²) in [6.07, 6.45) is 1.95. The first-order chi connectivity index (χ1) is 6.07. The normalized spacial score (nSPS) is 12.3. The van der Waals surface area contributed by atoms with Crippen molar-refractivity contribution in [3.63, 3.8) is 0 Å². The van der Waals surface area contributed by atoms with Gasteiger partial charge in [0.15, 0.2) is 5.78 Å². The van der Waals surface area contributed by atoms with Crippen LogP contribution in [0, 0.1) is 5.92 Å². The van der Waals surface area contributed by atoms with Gasteiger partial charge in [0.2, 0.25) is 0 Å². The zero-order chi connectivity index (χ0) is 10.3. The largest absolute Gasteiger partial charge is 0.389 e. The van der Waals surface area contributed by atoms with Gasteiger partial charge in [0.1, 0.15) is 6.61 Å². The molecule has 0 aliphatic carbocycles. The van der Waals surface area contributed by atoms with Crippen LogP contribution < -0.4 is 0 Å². The molecule has 1 unspecified atom stereocenters. The van der Waals surface area contributed by atoms with Gasteiger partial charge in [-0.25, -0.2) is 0 Å². The van der Waals surface area contributed by atoms with Crippen molar-refractivity contribution in [1.82, 2.24) is 0 Å². The zero-order valence-corrected chi connectivity index (χ0v) is 8.54. The van der Waals surface area contributed by atoms with Crippen molar-refractivity contribution < 1.29 is 14.6 Å². The average Bonchev–Trinajstić information content (AvgIpc) is 2.10. The number of aliphatic hydroxyl groups excluding tert-OH is 1. The molecule has 0 saturated carbocycles. The molecule has 0 spiro atoms. The Hall–Kier alpha value is -0.670. The lowest BCUT2D eigenvalue weighted by molar-refractivity contribution is -0.126. The third-order valence-electron chi connectivity index (χ3n) is 1.68. The average molecular weight is 186 g/mol. The number of carbonyl (C=O) groups is 1. The Kier molecular flexibility index (Phi) is 6.45. The standard InChI is InChI=1S/C10H18O3/c1-8(2)4-5-13-7-9(3)10(12)6-11/h4,9,11H,5-7H2,1-3H3. The van der Waals surface area contributed by atoms with Crippen molar-refractivity contribution in [3.05, 3.63) is 11.6 Å². The highest BCUT2D eigenvalue weighted by Crippen LogP contribution is 1.98. The molecule has 0 rings (SSSR count). The van der Waals surface area contributed by atoms with E-state index in [1.807, 2.05) is 19.9 Å². The summed E-state index contributed by atoms with van der Waals surface area (Å²) >= 11 is 0. The van der Waals surface area contributed by atoms with Gasteiger partial charge < -0.3 is 9.84 Å². The minimum absolute atomic E-state index is 0.169. The minimum Gasteiger partial charge on any atom is -0.389 e. The van der Waals surface area contributed by atoms with Crippen LogP contribution in [-0.2, 0) is 9.53 Å². The fraction of sp³-hybridized carbons (Fsp3) is 0.700. The third kappa shape index (κ3) is 6.49. The van der Waals surface area contributed by atoms with Crippen LogP contribution in [-0.4, -0.2) is 30.7 Å². The summed E-state index contributed by atoms with van der Waals surface area (Å²) in [5.74, 6) is -0.382. The molecule has 76 valence electrons. The number of aliphatic hydroxyl groups is 1. The lowest BCUT2D eigenvalue weighted by Gasteiger charge is -2.07. The molecule has 0 aliphatic heterocycles. The van der Waals surface area contributed by atoms with E-state index in [0.717, 1.165) is 0 Å². The van der Waals surface area contributed by atoms with Crippen LogP contribution in [0.15, 0.2) is 11.6 Å². The van der Waals surface area contributed by atoms with Crippen LogP contribution in [0.4, 0.5) is 0 Å². The minimum atomic E-state index is -0.396. The smallest absolute Gasteiger partial charge is 0.163 e. The van der Waals surface area contributed by atoms with Crippen LogP contribution >= 0.6 is 0 Å². The number of ketones is 1. The molecule has 0 radical (unpaired) electrons. The summed E-state index contributed by atoms with van der Waals surface area (Å²) in [5.41, 5.74) is 1.20. The summed E-state index contributed by atoms with van der Waals surface area (Å²) in [6.45, 7) is 6.25. The van der Waals surface area contributed by atoms with E-state index in [1.165, 1.54) is 5.57 Å². The monoisotopic (exact) mass is 186 g/mol. The molecule has 1 N–H and O–H groups in total. The molecule has 0 aromatic rings. The van der Waals surface area contributed by atoms with Crippen molar-refractivity contribution in [2.45, 2.75) is 20.8 Å². The maximum Gasteiger partial charge on any atom is 0.163 e. The molecule has 0 bridgehead atoms. The summed E-state index contributed by atoms with van der Waals surface area (Å²) in [5, 5.41) is 8.53. The van der Waals surface area contributed by atoms with Gasteiger partial charge in [0, 0.05) is 5.92 Å². The predicted molar refractivity (Wildman–Crippen MR) is 51.5 cm³/mol. The fourth-order valence-electron chi connectivity index (χ4n) is 0.719. The first-order valence-corrected chi connectivity index (χ1v) is 4.42. The van der Waals surface area contributed by atoms with Crippen LogP contribution in [0.1, 0.15) is 20.8 Å². The number of ether oxygens (including phenoxy) is 1. The number of hydrogen-bond donors (Lipinski definition) is 1. The molecular weight excluding hydrogens is 168 g/mol. The Bertz CT molecular complexity index is 181. The van der Waals surface area contributed by atoms with Gasteiger partial charge in [-0.3, -0.25) is 4.79 Å². The van der Waals surface area contributed by atoms with E-state index in [-0.39, 0.29) is 11.7 Å². The van der Waals surface area contributed by atoms with E-state index in [2.05, 4.69) is 0 Å². The van der Waals surface area contributed by atoms with Gasteiger partial charge in [-0.2, -0.15) is 0 Å². The maximum absolute atomic E-state index is 10.9. The number of hydrogen-bond acceptors (Lipinski definition) is 3. The Labute approximate surface area is 79.4 Å². The van der Waals surface area contributed by atoms with Crippen molar-refractivity contribution >= 4 is 5.78 Å². The van der Waals surface area contributed by atoms with Gasteiger partial charge in [0.05, 0.1) is 13.2 Å². The Morgan fingerprint density at radius 2 is 2.15 bits per heavy atom. The predicted octanol–water partition coefficient (Wildman–Crippen LogP) is 1.17. The van der Waals surface area contributed by atoms with E-state index in [0.29, 0.717) is 13.2 Å². The summed E-state index contributed by atoms with van der Waals surface area (Å²) in [6, 6.07) is 0. The van der Waals surface area contributed by atoms with Gasteiger partial charge in [0.25, 0.3) is 0 Å². The van der Waals surface area contributed by atoms with E-state index in [4.69, 9.17) is 9.84 Å². The molecule has 1 atom stereocenters. The fourth-order valence-corrected chi connectivity index (χ4v) is 0.719. The highest BCUT2D eigenvalue weighted by atomic mass is 16.5. The summed E-state index contributed by atoms with van der Waals surface area (Å²) < 4.78 is 5.22. The Balaban J connectivity index is 3.53. The van der Waals surface area contributed by atoms with Crippen molar-refractivity contribution in [2.24, 2.45) is 5.92 Å².